The van der Waals surface area contributed by atoms with Gasteiger partial charge >= 0.3 is 0 Å². The van der Waals surface area contributed by atoms with Crippen molar-refractivity contribution in [3.63, 3.8) is 0 Å². The topological polar surface area (TPSA) is 67.2 Å². The Morgan fingerprint density at radius 1 is 1.25 bits per heavy atom. The molecule has 0 atom stereocenters. The van der Waals surface area contributed by atoms with Crippen molar-refractivity contribution < 1.29 is 4.74 Å². The molecule has 0 saturated carbocycles. The van der Waals surface area contributed by atoms with Crippen LogP contribution in [0.5, 0.6) is 5.75 Å². The van der Waals surface area contributed by atoms with Crippen LogP contribution in [0.1, 0.15) is 12.8 Å². The Morgan fingerprint density at radius 3 is 2.60 bits per heavy atom. The number of methoxy groups -OCH3 is 1. The van der Waals surface area contributed by atoms with Gasteiger partial charge in [0.2, 0.25) is 0 Å². The molecule has 1 aliphatic rings. The summed E-state index contributed by atoms with van der Waals surface area (Å²) in [4.78, 5) is 2.35. The van der Waals surface area contributed by atoms with E-state index in [0.29, 0.717) is 6.04 Å². The fourth-order valence-electron chi connectivity index (χ4n) is 2.63. The zero-order valence-electron chi connectivity index (χ0n) is 11.7. The van der Waals surface area contributed by atoms with E-state index in [0.717, 1.165) is 48.6 Å². The first-order valence-electron chi connectivity index (χ1n) is 6.96. The number of benzene rings is 1. The second-order valence-electron chi connectivity index (χ2n) is 5.18. The predicted molar refractivity (Wildman–Crippen MR) is 80.0 cm³/mol. The van der Waals surface area contributed by atoms with Crippen LogP contribution in [-0.2, 0) is 0 Å². The van der Waals surface area contributed by atoms with Gasteiger partial charge in [0, 0.05) is 24.7 Å². The van der Waals surface area contributed by atoms with Crippen LogP contribution in [0.15, 0.2) is 30.5 Å². The minimum atomic E-state index is 0.336. The molecular weight excluding hydrogens is 252 g/mol. The largest absolute Gasteiger partial charge is 0.497 e. The Bertz CT molecular complexity index is 556. The van der Waals surface area contributed by atoms with Crippen molar-refractivity contribution in [3.05, 3.63) is 30.5 Å². The van der Waals surface area contributed by atoms with E-state index in [1.807, 2.05) is 30.5 Å². The number of aromatic amines is 1. The molecule has 20 heavy (non-hydrogen) atoms. The van der Waals surface area contributed by atoms with Gasteiger partial charge in [0.15, 0.2) is 0 Å². The fourth-order valence-corrected chi connectivity index (χ4v) is 2.63. The number of hydrogen-bond donors (Lipinski definition) is 2. The van der Waals surface area contributed by atoms with Crippen molar-refractivity contribution in [2.24, 2.45) is 5.73 Å². The molecule has 3 N–H and O–H groups in total. The van der Waals surface area contributed by atoms with Crippen molar-refractivity contribution in [2.45, 2.75) is 18.9 Å². The molecule has 0 aliphatic carbocycles. The molecule has 2 heterocycles. The SMILES string of the molecule is COc1ccc(-c2[nH]ncc2N2CCC(N)CC2)cc1. The molecule has 0 unspecified atom stereocenters. The summed E-state index contributed by atoms with van der Waals surface area (Å²) < 4.78 is 5.19. The van der Waals surface area contributed by atoms with Crippen LogP contribution in [0.2, 0.25) is 0 Å². The summed E-state index contributed by atoms with van der Waals surface area (Å²) in [6.07, 6.45) is 3.97. The van der Waals surface area contributed by atoms with Crippen molar-refractivity contribution >= 4 is 5.69 Å². The summed E-state index contributed by atoms with van der Waals surface area (Å²) in [6.45, 7) is 1.98. The number of ether oxygens (including phenoxy) is 1. The minimum Gasteiger partial charge on any atom is -0.497 e. The Labute approximate surface area is 118 Å². The van der Waals surface area contributed by atoms with Crippen LogP contribution in [0, 0.1) is 0 Å². The van der Waals surface area contributed by atoms with E-state index >= 15 is 0 Å². The maximum Gasteiger partial charge on any atom is 0.118 e. The lowest BCUT2D eigenvalue weighted by molar-refractivity contribution is 0.415. The van der Waals surface area contributed by atoms with E-state index < -0.39 is 0 Å². The van der Waals surface area contributed by atoms with Gasteiger partial charge < -0.3 is 15.4 Å². The summed E-state index contributed by atoms with van der Waals surface area (Å²) in [5.41, 5.74) is 9.30. The number of H-pyrrole nitrogens is 1. The first kappa shape index (κ1) is 13.0. The van der Waals surface area contributed by atoms with Crippen LogP contribution in [0.3, 0.4) is 0 Å². The van der Waals surface area contributed by atoms with Crippen LogP contribution in [0.25, 0.3) is 11.3 Å². The first-order chi connectivity index (χ1) is 9.78. The highest BCUT2D eigenvalue weighted by Crippen LogP contribution is 2.31. The van der Waals surface area contributed by atoms with E-state index in [-0.39, 0.29) is 0 Å². The van der Waals surface area contributed by atoms with Crippen molar-refractivity contribution in [3.8, 4) is 17.0 Å². The number of hydrogen-bond acceptors (Lipinski definition) is 4. The first-order valence-corrected chi connectivity index (χ1v) is 6.96. The second-order valence-corrected chi connectivity index (χ2v) is 5.18. The molecular formula is C15H20N4O. The Kier molecular flexibility index (Phi) is 3.60. The van der Waals surface area contributed by atoms with E-state index in [4.69, 9.17) is 10.5 Å². The van der Waals surface area contributed by atoms with Gasteiger partial charge in [-0.05, 0) is 37.1 Å². The van der Waals surface area contributed by atoms with Crippen LogP contribution < -0.4 is 15.4 Å². The van der Waals surface area contributed by atoms with Crippen molar-refractivity contribution in [1.82, 2.24) is 10.2 Å². The summed E-state index contributed by atoms with van der Waals surface area (Å²) in [5.74, 6) is 0.860. The summed E-state index contributed by atoms with van der Waals surface area (Å²) in [7, 11) is 1.67. The molecule has 2 aromatic rings. The van der Waals surface area contributed by atoms with Crippen LogP contribution >= 0.6 is 0 Å². The zero-order valence-corrected chi connectivity index (χ0v) is 11.7. The third-order valence-corrected chi connectivity index (χ3v) is 3.88. The van der Waals surface area contributed by atoms with Gasteiger partial charge in [-0.3, -0.25) is 5.10 Å². The van der Waals surface area contributed by atoms with Gasteiger partial charge in [-0.15, -0.1) is 0 Å². The van der Waals surface area contributed by atoms with E-state index in [1.54, 1.807) is 7.11 Å². The molecule has 1 aliphatic heterocycles. The normalized spacial score (nSPS) is 16.4. The van der Waals surface area contributed by atoms with Crippen molar-refractivity contribution in [2.75, 3.05) is 25.1 Å². The highest BCUT2D eigenvalue weighted by Gasteiger charge is 2.20. The monoisotopic (exact) mass is 272 g/mol. The third kappa shape index (κ3) is 2.49. The molecule has 0 radical (unpaired) electrons. The smallest absolute Gasteiger partial charge is 0.118 e. The number of anilines is 1. The molecule has 0 spiro atoms. The Morgan fingerprint density at radius 2 is 1.95 bits per heavy atom. The Hall–Kier alpha value is -2.01. The lowest BCUT2D eigenvalue weighted by Gasteiger charge is -2.31. The quantitative estimate of drug-likeness (QED) is 0.897. The van der Waals surface area contributed by atoms with Gasteiger partial charge in [0.1, 0.15) is 5.75 Å². The number of aromatic nitrogens is 2. The molecule has 1 aromatic carbocycles. The number of piperidine rings is 1. The molecule has 5 nitrogen and oxygen atoms in total. The van der Waals surface area contributed by atoms with Gasteiger partial charge in [-0.2, -0.15) is 5.10 Å². The van der Waals surface area contributed by atoms with E-state index in [1.165, 1.54) is 0 Å². The number of nitrogens with two attached hydrogens (primary N) is 1. The van der Waals surface area contributed by atoms with Gasteiger partial charge in [-0.1, -0.05) is 0 Å². The number of nitrogens with one attached hydrogen (secondary N) is 1. The molecule has 3 rings (SSSR count). The molecule has 106 valence electrons. The summed E-state index contributed by atoms with van der Waals surface area (Å²) >= 11 is 0. The predicted octanol–water partition coefficient (Wildman–Crippen LogP) is 2.01. The fraction of sp³-hybridized carbons (Fsp3) is 0.400. The molecule has 1 saturated heterocycles. The highest BCUT2D eigenvalue weighted by atomic mass is 16.5. The molecule has 5 heteroatoms. The maximum absolute atomic E-state index is 5.97. The van der Waals surface area contributed by atoms with E-state index in [2.05, 4.69) is 15.1 Å². The van der Waals surface area contributed by atoms with Gasteiger partial charge in [-0.25, -0.2) is 0 Å². The van der Waals surface area contributed by atoms with E-state index in [9.17, 15) is 0 Å². The number of nitrogens with zero attached hydrogens (tertiary/aromatic N) is 2. The molecule has 1 aromatic heterocycles. The molecule has 0 amide bonds. The minimum absolute atomic E-state index is 0.336. The highest BCUT2D eigenvalue weighted by molar-refractivity contribution is 5.75. The number of rotatable bonds is 3. The third-order valence-electron chi connectivity index (χ3n) is 3.88. The van der Waals surface area contributed by atoms with Gasteiger partial charge in [0.25, 0.3) is 0 Å². The van der Waals surface area contributed by atoms with Crippen molar-refractivity contribution in [1.29, 1.82) is 0 Å². The summed E-state index contributed by atoms with van der Waals surface area (Å²) in [5, 5.41) is 7.31. The molecule has 0 bridgehead atoms. The van der Waals surface area contributed by atoms with Crippen LogP contribution in [0.4, 0.5) is 5.69 Å². The van der Waals surface area contributed by atoms with Crippen LogP contribution in [-0.4, -0.2) is 36.4 Å². The Balaban J connectivity index is 1.85. The average molecular weight is 272 g/mol. The maximum atomic E-state index is 5.97. The lowest BCUT2D eigenvalue weighted by atomic mass is 10.0. The average Bonchev–Trinajstić information content (AvgIpc) is 2.97. The second kappa shape index (κ2) is 5.54. The summed E-state index contributed by atoms with van der Waals surface area (Å²) in [6, 6.07) is 8.36. The standard InChI is InChI=1S/C15H20N4O/c1-20-13-4-2-11(3-5-13)15-14(10-17-18-15)19-8-6-12(16)7-9-19/h2-5,10,12H,6-9,16H2,1H3,(H,17,18). The molecule has 1 fully saturated rings. The lowest BCUT2D eigenvalue weighted by Crippen LogP contribution is -2.39. The zero-order chi connectivity index (χ0) is 13.9. The van der Waals surface area contributed by atoms with Gasteiger partial charge in [0.05, 0.1) is 24.7 Å².